The smallest absolute Gasteiger partial charge is 0.325 e. The third-order valence-electron chi connectivity index (χ3n) is 9.85. The zero-order valence-electron chi connectivity index (χ0n) is 25.3. The number of hydrogen-bond acceptors (Lipinski definition) is 7. The van der Waals surface area contributed by atoms with Crippen LogP contribution in [0, 0.1) is 6.92 Å². The number of imide groups is 1. The van der Waals surface area contributed by atoms with Gasteiger partial charge in [0.2, 0.25) is 0 Å². The highest BCUT2D eigenvalue weighted by Gasteiger charge is 2.52. The van der Waals surface area contributed by atoms with Gasteiger partial charge in [0.1, 0.15) is 5.54 Å². The van der Waals surface area contributed by atoms with Gasteiger partial charge in [-0.3, -0.25) is 14.5 Å². The second-order valence-corrected chi connectivity index (χ2v) is 12.7. The quantitative estimate of drug-likeness (QED) is 0.327. The van der Waals surface area contributed by atoms with Crippen LogP contribution in [0.2, 0.25) is 0 Å². The Balaban J connectivity index is 0.967. The number of rotatable bonds is 7. The first-order valence-corrected chi connectivity index (χ1v) is 15.5. The summed E-state index contributed by atoms with van der Waals surface area (Å²) in [7, 11) is 0. The molecule has 11 nitrogen and oxygen atoms in total. The minimum Gasteiger partial charge on any atom is -0.370 e. The van der Waals surface area contributed by atoms with E-state index in [9.17, 15) is 14.4 Å². The first kappa shape index (κ1) is 28.1. The molecule has 0 bridgehead atoms. The Labute approximate surface area is 256 Å². The molecule has 3 aromatic heterocycles. The molecule has 1 spiro atoms. The van der Waals surface area contributed by atoms with Crippen molar-refractivity contribution < 1.29 is 9.59 Å². The molecule has 3 saturated heterocycles. The number of benzene rings is 1. The number of imidazole rings is 1. The lowest BCUT2D eigenvalue weighted by atomic mass is 9.82. The molecule has 4 aromatic rings. The SMILES string of the molecule is Cc1cc(N2CCC(C)(c3ccccc3)C2)cc(=O)n1CCCN1C(=O)NC2(CCN(c3nccn4ccnc34)CC2)C1=O. The lowest BCUT2D eigenvalue weighted by Gasteiger charge is -2.37. The first-order valence-electron chi connectivity index (χ1n) is 15.5. The summed E-state index contributed by atoms with van der Waals surface area (Å²) in [6.45, 7) is 7.87. The summed E-state index contributed by atoms with van der Waals surface area (Å²) in [4.78, 5) is 54.4. The van der Waals surface area contributed by atoms with Crippen LogP contribution >= 0.6 is 0 Å². The van der Waals surface area contributed by atoms with E-state index in [-0.39, 0.29) is 29.5 Å². The van der Waals surface area contributed by atoms with Crippen molar-refractivity contribution in [3.8, 4) is 0 Å². The highest BCUT2D eigenvalue weighted by atomic mass is 16.2. The predicted octanol–water partition coefficient (Wildman–Crippen LogP) is 3.35. The van der Waals surface area contributed by atoms with E-state index in [1.807, 2.05) is 29.8 Å². The highest BCUT2D eigenvalue weighted by molar-refractivity contribution is 6.07. The molecule has 1 aromatic carbocycles. The molecular formula is C33H38N8O3. The molecule has 228 valence electrons. The molecule has 6 heterocycles. The van der Waals surface area contributed by atoms with Gasteiger partial charge < -0.3 is 24.1 Å². The first-order chi connectivity index (χ1) is 21.3. The number of aromatic nitrogens is 4. The normalized spacial score (nSPS) is 21.5. The van der Waals surface area contributed by atoms with Gasteiger partial charge in [0.25, 0.3) is 11.5 Å². The van der Waals surface area contributed by atoms with Gasteiger partial charge in [-0.25, -0.2) is 14.8 Å². The zero-order chi connectivity index (χ0) is 30.5. The Morgan fingerprint density at radius 3 is 2.36 bits per heavy atom. The number of pyridine rings is 1. The molecular weight excluding hydrogens is 556 g/mol. The van der Waals surface area contributed by atoms with Gasteiger partial charge in [0, 0.05) is 86.9 Å². The number of piperidine rings is 1. The number of urea groups is 1. The maximum atomic E-state index is 13.5. The molecule has 3 fully saturated rings. The van der Waals surface area contributed by atoms with Gasteiger partial charge >= 0.3 is 6.03 Å². The van der Waals surface area contributed by atoms with E-state index in [4.69, 9.17) is 0 Å². The molecule has 1 unspecified atom stereocenters. The molecule has 44 heavy (non-hydrogen) atoms. The third kappa shape index (κ3) is 4.80. The van der Waals surface area contributed by atoms with Gasteiger partial charge in [-0.1, -0.05) is 37.3 Å². The summed E-state index contributed by atoms with van der Waals surface area (Å²) in [6.07, 6.45) is 9.74. The standard InChI is InChI=1S/C33H38N8O3/c1-24-21-26(39-16-9-32(2,23-39)25-7-4-3-5-8-25)22-27(42)40(24)14-6-15-41-30(43)33(36-31(41)44)10-17-37(18-11-33)28-29-35-13-20-38(29)19-12-34-28/h3-5,7-8,12-13,19-22H,6,9-11,14-18,23H2,1-2H3,(H,36,44). The number of carbonyl (C=O) groups is 2. The Bertz CT molecular complexity index is 1770. The molecule has 1 N–H and O–H groups in total. The fraction of sp³-hybridized carbons (Fsp3) is 0.424. The number of amides is 3. The fourth-order valence-electron chi connectivity index (χ4n) is 7.21. The van der Waals surface area contributed by atoms with Gasteiger partial charge in [0.05, 0.1) is 0 Å². The van der Waals surface area contributed by atoms with Crippen molar-refractivity contribution in [2.75, 3.05) is 42.5 Å². The number of hydrogen-bond donors (Lipinski definition) is 1. The van der Waals surface area contributed by atoms with E-state index in [1.165, 1.54) is 10.5 Å². The highest BCUT2D eigenvalue weighted by Crippen LogP contribution is 2.36. The van der Waals surface area contributed by atoms with Crippen molar-refractivity contribution in [3.63, 3.8) is 0 Å². The van der Waals surface area contributed by atoms with Crippen LogP contribution in [0.15, 0.2) is 72.0 Å². The summed E-state index contributed by atoms with van der Waals surface area (Å²) >= 11 is 0. The second-order valence-electron chi connectivity index (χ2n) is 12.7. The summed E-state index contributed by atoms with van der Waals surface area (Å²) < 4.78 is 3.66. The topological polar surface area (TPSA) is 108 Å². The van der Waals surface area contributed by atoms with E-state index in [1.54, 1.807) is 23.0 Å². The summed E-state index contributed by atoms with van der Waals surface area (Å²) in [5, 5.41) is 3.00. The van der Waals surface area contributed by atoms with Crippen LogP contribution < -0.4 is 20.7 Å². The number of nitrogens with zero attached hydrogens (tertiary/aromatic N) is 7. The van der Waals surface area contributed by atoms with Crippen molar-refractivity contribution in [3.05, 3.63) is 88.9 Å². The minimum atomic E-state index is -0.896. The van der Waals surface area contributed by atoms with Crippen molar-refractivity contribution >= 4 is 29.1 Å². The van der Waals surface area contributed by atoms with Crippen LogP contribution in [0.5, 0.6) is 0 Å². The third-order valence-corrected chi connectivity index (χ3v) is 9.85. The van der Waals surface area contributed by atoms with Crippen molar-refractivity contribution in [1.29, 1.82) is 0 Å². The molecule has 11 heteroatoms. The molecule has 3 amide bonds. The van der Waals surface area contributed by atoms with E-state index < -0.39 is 5.54 Å². The van der Waals surface area contributed by atoms with Crippen molar-refractivity contribution in [1.82, 2.24) is 29.2 Å². The molecule has 0 saturated carbocycles. The van der Waals surface area contributed by atoms with Crippen LogP contribution in [0.3, 0.4) is 0 Å². The van der Waals surface area contributed by atoms with Crippen LogP contribution in [-0.2, 0) is 16.8 Å². The molecule has 0 radical (unpaired) electrons. The van der Waals surface area contributed by atoms with Gasteiger partial charge in [-0.2, -0.15) is 0 Å². The summed E-state index contributed by atoms with van der Waals surface area (Å²) in [5.74, 6) is 0.604. The predicted molar refractivity (Wildman–Crippen MR) is 168 cm³/mol. The monoisotopic (exact) mass is 594 g/mol. The Morgan fingerprint density at radius 1 is 0.886 bits per heavy atom. The number of fused-ring (bicyclic) bond motifs is 1. The van der Waals surface area contributed by atoms with Gasteiger partial charge in [0.15, 0.2) is 11.5 Å². The van der Waals surface area contributed by atoms with Crippen LogP contribution in [0.25, 0.3) is 5.65 Å². The van der Waals surface area contributed by atoms with E-state index in [0.29, 0.717) is 38.9 Å². The molecule has 3 aliphatic heterocycles. The lowest BCUT2D eigenvalue weighted by Crippen LogP contribution is -2.55. The Morgan fingerprint density at radius 2 is 1.61 bits per heavy atom. The average Bonchev–Trinajstić information content (AvgIpc) is 3.73. The van der Waals surface area contributed by atoms with Crippen molar-refractivity contribution in [2.45, 2.75) is 57.0 Å². The van der Waals surface area contributed by atoms with Crippen LogP contribution in [0.4, 0.5) is 16.3 Å². The van der Waals surface area contributed by atoms with Gasteiger partial charge in [-0.15, -0.1) is 0 Å². The van der Waals surface area contributed by atoms with E-state index in [2.05, 4.69) is 62.3 Å². The Kier molecular flexibility index (Phi) is 6.90. The molecule has 0 aliphatic carbocycles. The Hall–Kier alpha value is -4.67. The van der Waals surface area contributed by atoms with Crippen LogP contribution in [0.1, 0.15) is 43.9 Å². The number of nitrogens with one attached hydrogen (secondary N) is 1. The van der Waals surface area contributed by atoms with E-state index >= 15 is 0 Å². The fourth-order valence-corrected chi connectivity index (χ4v) is 7.21. The number of carbonyl (C=O) groups excluding carboxylic acids is 2. The maximum Gasteiger partial charge on any atom is 0.325 e. The average molecular weight is 595 g/mol. The maximum absolute atomic E-state index is 13.5. The minimum absolute atomic E-state index is 0.0473. The molecule has 3 aliphatic rings. The second kappa shape index (κ2) is 10.8. The van der Waals surface area contributed by atoms with Gasteiger partial charge in [-0.05, 0) is 44.2 Å². The molecule has 1 atom stereocenters. The number of anilines is 2. The zero-order valence-corrected chi connectivity index (χ0v) is 25.3. The summed E-state index contributed by atoms with van der Waals surface area (Å²) in [6, 6.07) is 14.0. The summed E-state index contributed by atoms with van der Waals surface area (Å²) in [5.41, 5.74) is 3.02. The number of aryl methyl sites for hydroxylation is 1. The van der Waals surface area contributed by atoms with Crippen molar-refractivity contribution in [2.24, 2.45) is 0 Å². The largest absolute Gasteiger partial charge is 0.370 e. The van der Waals surface area contributed by atoms with E-state index in [0.717, 1.165) is 42.4 Å². The lowest BCUT2D eigenvalue weighted by molar-refractivity contribution is -0.132. The van der Waals surface area contributed by atoms with Crippen LogP contribution in [-0.4, -0.2) is 74.0 Å². The molecule has 7 rings (SSSR count).